The summed E-state index contributed by atoms with van der Waals surface area (Å²) in [6, 6.07) is -2.76. The van der Waals surface area contributed by atoms with E-state index < -0.39 is 64.5 Å². The van der Waals surface area contributed by atoms with Gasteiger partial charge < -0.3 is 46.2 Å². The van der Waals surface area contributed by atoms with Crippen LogP contribution in [-0.2, 0) is 23.9 Å². The molecule has 0 bridgehead atoms. The van der Waals surface area contributed by atoms with Crippen molar-refractivity contribution in [3.63, 3.8) is 0 Å². The van der Waals surface area contributed by atoms with Gasteiger partial charge in [-0.05, 0) is 72.1 Å². The first kappa shape index (κ1) is 32.9. The molecule has 13 nitrogen and oxygen atoms in total. The Morgan fingerprint density at radius 1 is 0.872 bits per heavy atom. The van der Waals surface area contributed by atoms with E-state index in [2.05, 4.69) is 22.9 Å². The predicted octanol–water partition coefficient (Wildman–Crippen LogP) is -0.714. The lowest BCUT2D eigenvalue weighted by atomic mass is 9.65. The molecule has 2 rings (SSSR count). The minimum absolute atomic E-state index is 0.143. The minimum Gasteiger partial charge on any atom is -0.480 e. The largest absolute Gasteiger partial charge is 0.480 e. The summed E-state index contributed by atoms with van der Waals surface area (Å²) in [6.07, 6.45) is 2.08. The van der Waals surface area contributed by atoms with Crippen molar-refractivity contribution >= 4 is 23.7 Å². The van der Waals surface area contributed by atoms with Crippen molar-refractivity contribution in [2.75, 3.05) is 0 Å². The van der Waals surface area contributed by atoms with Gasteiger partial charge in [-0.2, -0.15) is 0 Å². The highest BCUT2D eigenvalue weighted by molar-refractivity contribution is 5.90. The van der Waals surface area contributed by atoms with Crippen LogP contribution >= 0.6 is 0 Å². The summed E-state index contributed by atoms with van der Waals surface area (Å²) in [6.45, 7) is 7.44. The quantitative estimate of drug-likeness (QED) is 0.168. The van der Waals surface area contributed by atoms with Gasteiger partial charge in [-0.1, -0.05) is 13.3 Å². The number of carbonyl (C=O) groups is 4. The van der Waals surface area contributed by atoms with E-state index in [1.807, 2.05) is 0 Å². The third kappa shape index (κ3) is 6.88. The van der Waals surface area contributed by atoms with E-state index >= 15 is 0 Å². The van der Waals surface area contributed by atoms with Crippen LogP contribution in [0.5, 0.6) is 0 Å². The van der Waals surface area contributed by atoms with Crippen molar-refractivity contribution in [3.05, 3.63) is 0 Å². The Bertz CT molecular complexity index is 925. The van der Waals surface area contributed by atoms with Crippen LogP contribution in [0.4, 0.5) is 0 Å². The van der Waals surface area contributed by atoms with Gasteiger partial charge in [0.15, 0.2) is 11.9 Å². The Morgan fingerprint density at radius 2 is 1.41 bits per heavy atom. The molecule has 1 saturated heterocycles. The summed E-state index contributed by atoms with van der Waals surface area (Å²) in [4.78, 5) is 49.7. The highest BCUT2D eigenvalue weighted by Gasteiger charge is 2.71. The zero-order chi connectivity index (χ0) is 30.0. The molecule has 7 atom stereocenters. The number of aliphatic hydroxyl groups is 4. The molecule has 0 aromatic heterocycles. The first-order valence-corrected chi connectivity index (χ1v) is 13.5. The first-order valence-electron chi connectivity index (χ1n) is 13.5. The van der Waals surface area contributed by atoms with Crippen molar-refractivity contribution < 1.29 is 49.4 Å². The zero-order valence-corrected chi connectivity index (χ0v) is 23.6. The van der Waals surface area contributed by atoms with E-state index in [0.29, 0.717) is 5.92 Å². The third-order valence-corrected chi connectivity index (χ3v) is 8.76. The van der Waals surface area contributed by atoms with E-state index in [9.17, 15) is 44.7 Å². The molecule has 0 radical (unpaired) electrons. The maximum Gasteiger partial charge on any atom is 0.326 e. The average Bonchev–Trinajstić information content (AvgIpc) is 2.82. The fourth-order valence-electron chi connectivity index (χ4n) is 5.34. The lowest BCUT2D eigenvalue weighted by molar-refractivity contribution is -0.414. The van der Waals surface area contributed by atoms with Crippen LogP contribution in [0.3, 0.4) is 0 Å². The number of carboxylic acids is 1. The molecule has 2 aliphatic rings. The number of amides is 3. The van der Waals surface area contributed by atoms with E-state index in [-0.39, 0.29) is 18.9 Å². The number of rotatable bonds is 10. The molecule has 1 saturated carbocycles. The Labute approximate surface area is 228 Å². The van der Waals surface area contributed by atoms with Crippen LogP contribution in [-0.4, -0.2) is 96.0 Å². The molecule has 0 spiro atoms. The fourth-order valence-corrected chi connectivity index (χ4v) is 5.34. The fraction of sp³-hybridized carbons (Fsp3) is 0.846. The molecular formula is C26H45N3O10. The summed E-state index contributed by atoms with van der Waals surface area (Å²) in [5.41, 5.74) is -7.27. The van der Waals surface area contributed by atoms with Crippen molar-refractivity contribution in [1.29, 1.82) is 0 Å². The summed E-state index contributed by atoms with van der Waals surface area (Å²) in [7, 11) is 0. The second kappa shape index (κ2) is 12.0. The number of aliphatic carboxylic acids is 1. The monoisotopic (exact) mass is 559 g/mol. The van der Waals surface area contributed by atoms with Crippen LogP contribution in [0.15, 0.2) is 0 Å². The van der Waals surface area contributed by atoms with Gasteiger partial charge in [0.05, 0.1) is 0 Å². The zero-order valence-electron chi connectivity index (χ0n) is 23.6. The molecule has 13 heteroatoms. The summed E-state index contributed by atoms with van der Waals surface area (Å²) < 4.78 is 5.37. The van der Waals surface area contributed by atoms with Gasteiger partial charge in [0.2, 0.25) is 11.8 Å². The topological polar surface area (TPSA) is 215 Å². The van der Waals surface area contributed by atoms with E-state index in [4.69, 9.17) is 4.74 Å². The van der Waals surface area contributed by atoms with E-state index in [1.54, 1.807) is 0 Å². The number of carboxylic acid groups (broad SMARTS) is 1. The Hall–Kier alpha value is -2.32. The normalized spacial score (nSPS) is 38.3. The summed E-state index contributed by atoms with van der Waals surface area (Å²) in [5.74, 6) is -5.46. The predicted molar refractivity (Wildman–Crippen MR) is 138 cm³/mol. The van der Waals surface area contributed by atoms with Crippen LogP contribution in [0.2, 0.25) is 0 Å². The molecule has 2 fully saturated rings. The summed E-state index contributed by atoms with van der Waals surface area (Å²) in [5, 5.41) is 60.7. The van der Waals surface area contributed by atoms with Gasteiger partial charge >= 0.3 is 5.97 Å². The first-order chi connectivity index (χ1) is 17.8. The third-order valence-electron chi connectivity index (χ3n) is 8.76. The highest BCUT2D eigenvalue weighted by Crippen LogP contribution is 2.48. The molecule has 0 aromatic carbocycles. The molecule has 4 unspecified atom stereocenters. The van der Waals surface area contributed by atoms with Gasteiger partial charge in [-0.3, -0.25) is 14.4 Å². The van der Waals surface area contributed by atoms with Crippen LogP contribution in [0, 0.1) is 5.92 Å². The van der Waals surface area contributed by atoms with Gasteiger partial charge in [-0.15, -0.1) is 0 Å². The van der Waals surface area contributed by atoms with Crippen molar-refractivity contribution in [3.8, 4) is 0 Å². The van der Waals surface area contributed by atoms with E-state index in [1.165, 1.54) is 0 Å². The molecule has 3 amide bonds. The number of nitrogens with one attached hydrogen (secondary N) is 3. The Morgan fingerprint density at radius 3 is 1.90 bits per heavy atom. The highest BCUT2D eigenvalue weighted by atomic mass is 16.7. The molecule has 39 heavy (non-hydrogen) atoms. The molecule has 1 heterocycles. The SMILES string of the molecule is CCC1CCC(NC(=O)C(CCC(NC(C)=O)C(=O)O)NC(=O)C2O[C@@](C)(O)C(C)(O)[C@](C)(O)[C@]2(C)O)CC1. The minimum atomic E-state index is -2.48. The lowest BCUT2D eigenvalue weighted by Gasteiger charge is -2.59. The van der Waals surface area contributed by atoms with Gasteiger partial charge in [-0.25, -0.2) is 4.79 Å². The van der Waals surface area contributed by atoms with Gasteiger partial charge in [0.25, 0.3) is 5.91 Å². The van der Waals surface area contributed by atoms with Crippen LogP contribution in [0.25, 0.3) is 0 Å². The maximum atomic E-state index is 13.4. The molecule has 1 aliphatic heterocycles. The van der Waals surface area contributed by atoms with Crippen LogP contribution in [0.1, 0.15) is 86.5 Å². The van der Waals surface area contributed by atoms with Gasteiger partial charge in [0.1, 0.15) is 28.9 Å². The van der Waals surface area contributed by atoms with E-state index in [0.717, 1.165) is 66.7 Å². The van der Waals surface area contributed by atoms with Crippen molar-refractivity contribution in [1.82, 2.24) is 16.0 Å². The number of hydrogen-bond acceptors (Lipinski definition) is 9. The van der Waals surface area contributed by atoms with Crippen molar-refractivity contribution in [2.45, 2.75) is 133 Å². The Balaban J connectivity index is 2.28. The standard InChI is InChI=1S/C26H45N3O10/c1-7-15-8-10-16(11-9-15)28-20(31)17(12-13-18(22(33)34)27-14(2)30)29-21(32)19-23(3,35)24(4,36)25(5,37)26(6,38)39-19/h15-19,35-38H,7-13H2,1-6H3,(H,27,30)(H,28,31)(H,29,32)(H,33,34)/t15?,16?,17?,18?,19?,23-,24-,25?,26-/m1/s1. The van der Waals surface area contributed by atoms with Gasteiger partial charge in [0, 0.05) is 13.0 Å². The second-order valence-electron chi connectivity index (χ2n) is 11.6. The maximum absolute atomic E-state index is 13.4. The molecule has 8 N–H and O–H groups in total. The molecular weight excluding hydrogens is 514 g/mol. The molecule has 0 aromatic rings. The number of ether oxygens (including phenoxy) is 1. The Kier molecular flexibility index (Phi) is 10.2. The number of carbonyl (C=O) groups excluding carboxylic acids is 3. The number of hydrogen-bond donors (Lipinski definition) is 8. The van der Waals surface area contributed by atoms with Crippen molar-refractivity contribution in [2.24, 2.45) is 5.92 Å². The lowest BCUT2D eigenvalue weighted by Crippen LogP contribution is -2.82. The summed E-state index contributed by atoms with van der Waals surface area (Å²) >= 11 is 0. The molecule has 1 aliphatic carbocycles. The molecule has 224 valence electrons. The average molecular weight is 560 g/mol. The second-order valence-corrected chi connectivity index (χ2v) is 11.6. The van der Waals surface area contributed by atoms with Crippen LogP contribution < -0.4 is 16.0 Å². The smallest absolute Gasteiger partial charge is 0.326 e.